The molecule has 8 nitrogen and oxygen atoms in total. The molecule has 1 aromatic heterocycles. The number of aromatic nitrogens is 3. The molecule has 0 spiro atoms. The molecule has 10 heteroatoms. The number of carbonyl (C=O) groups is 1. The topological polar surface area (TPSA) is 93.4 Å². The molecule has 0 fully saturated rings. The molecule has 4 rings (SSSR count). The van der Waals surface area contributed by atoms with Crippen molar-refractivity contribution < 1.29 is 9.53 Å². The van der Waals surface area contributed by atoms with E-state index in [1.54, 1.807) is 13.3 Å². The Morgan fingerprint density at radius 2 is 1.89 bits per heavy atom. The van der Waals surface area contributed by atoms with Gasteiger partial charge in [0.1, 0.15) is 5.75 Å². The highest BCUT2D eigenvalue weighted by molar-refractivity contribution is 7.99. The Kier molecular flexibility index (Phi) is 8.37. The van der Waals surface area contributed by atoms with Crippen LogP contribution in [0, 0.1) is 0 Å². The summed E-state index contributed by atoms with van der Waals surface area (Å²) in [7, 11) is 1.60. The number of para-hydroxylation sites is 1. The zero-order valence-corrected chi connectivity index (χ0v) is 20.5. The van der Waals surface area contributed by atoms with Crippen molar-refractivity contribution in [3.8, 4) is 11.4 Å². The van der Waals surface area contributed by atoms with Crippen molar-refractivity contribution in [3.63, 3.8) is 0 Å². The second-order valence-corrected chi connectivity index (χ2v) is 8.67. The van der Waals surface area contributed by atoms with Gasteiger partial charge in [-0.05, 0) is 54.1 Å². The Hall–Kier alpha value is -3.82. The van der Waals surface area contributed by atoms with Crippen LogP contribution in [0.25, 0.3) is 5.69 Å². The number of hydrazone groups is 1. The van der Waals surface area contributed by atoms with Crippen molar-refractivity contribution in [2.45, 2.75) is 11.7 Å². The van der Waals surface area contributed by atoms with Crippen molar-refractivity contribution in [1.82, 2.24) is 20.2 Å². The average molecular weight is 507 g/mol. The van der Waals surface area contributed by atoms with Crippen molar-refractivity contribution in [1.29, 1.82) is 0 Å². The minimum atomic E-state index is -0.252. The number of nitrogens with zero attached hydrogens (tertiary/aromatic N) is 4. The summed E-state index contributed by atoms with van der Waals surface area (Å²) in [4.78, 5) is 12.4. The predicted molar refractivity (Wildman–Crippen MR) is 140 cm³/mol. The van der Waals surface area contributed by atoms with E-state index in [1.807, 2.05) is 83.4 Å². The molecule has 2 N–H and O–H groups in total. The maximum absolute atomic E-state index is 12.4. The van der Waals surface area contributed by atoms with Gasteiger partial charge in [0.2, 0.25) is 0 Å². The fourth-order valence-electron chi connectivity index (χ4n) is 3.16. The van der Waals surface area contributed by atoms with Crippen LogP contribution < -0.4 is 15.5 Å². The number of carbonyl (C=O) groups excluding carboxylic acids is 1. The van der Waals surface area contributed by atoms with Gasteiger partial charge in [-0.2, -0.15) is 5.10 Å². The fourth-order valence-corrected chi connectivity index (χ4v) is 4.05. The van der Waals surface area contributed by atoms with Crippen molar-refractivity contribution >= 4 is 41.2 Å². The van der Waals surface area contributed by atoms with Gasteiger partial charge in [-0.25, -0.2) is 5.43 Å². The molecular formula is C25H23ClN6O2S. The molecule has 178 valence electrons. The number of anilines is 1. The third-order valence-corrected chi connectivity index (χ3v) is 6.02. The van der Waals surface area contributed by atoms with Gasteiger partial charge in [0.25, 0.3) is 5.91 Å². The number of nitrogens with one attached hydrogen (secondary N) is 2. The SMILES string of the molecule is COc1cccc(C=NNC(=O)CSc2nnc(CNc3ccc(Cl)cc3)n2-c2ccccc2)c1. The molecule has 0 aliphatic heterocycles. The highest BCUT2D eigenvalue weighted by Gasteiger charge is 2.15. The fraction of sp³-hybridized carbons (Fsp3) is 0.120. The van der Waals surface area contributed by atoms with Crippen LogP contribution in [0.3, 0.4) is 0 Å². The number of rotatable bonds is 10. The summed E-state index contributed by atoms with van der Waals surface area (Å²) in [5, 5.41) is 17.3. The first-order valence-corrected chi connectivity index (χ1v) is 12.1. The summed E-state index contributed by atoms with van der Waals surface area (Å²) >= 11 is 7.25. The summed E-state index contributed by atoms with van der Waals surface area (Å²) in [6.45, 7) is 0.446. The molecule has 35 heavy (non-hydrogen) atoms. The lowest BCUT2D eigenvalue weighted by Gasteiger charge is -2.11. The zero-order chi connectivity index (χ0) is 24.5. The Labute approximate surface area is 212 Å². The van der Waals surface area contributed by atoms with E-state index in [1.165, 1.54) is 11.8 Å². The molecule has 0 aliphatic carbocycles. The molecule has 0 saturated heterocycles. The summed E-state index contributed by atoms with van der Waals surface area (Å²) in [5.74, 6) is 1.31. The van der Waals surface area contributed by atoms with Crippen LogP contribution in [-0.4, -0.2) is 39.7 Å². The third kappa shape index (κ3) is 6.84. The maximum Gasteiger partial charge on any atom is 0.250 e. The Morgan fingerprint density at radius 3 is 2.66 bits per heavy atom. The van der Waals surface area contributed by atoms with E-state index < -0.39 is 0 Å². The van der Waals surface area contributed by atoms with Gasteiger partial charge < -0.3 is 10.1 Å². The van der Waals surface area contributed by atoms with Gasteiger partial charge in [-0.3, -0.25) is 9.36 Å². The zero-order valence-electron chi connectivity index (χ0n) is 18.9. The van der Waals surface area contributed by atoms with E-state index in [4.69, 9.17) is 16.3 Å². The lowest BCUT2D eigenvalue weighted by molar-refractivity contribution is -0.118. The predicted octanol–water partition coefficient (Wildman–Crippen LogP) is 4.78. The first kappa shape index (κ1) is 24.3. The van der Waals surface area contributed by atoms with Crippen LogP contribution >= 0.6 is 23.4 Å². The van der Waals surface area contributed by atoms with Crippen LogP contribution in [0.1, 0.15) is 11.4 Å². The number of benzene rings is 3. The second-order valence-electron chi connectivity index (χ2n) is 7.29. The van der Waals surface area contributed by atoms with Gasteiger partial charge >= 0.3 is 0 Å². The number of halogens is 1. The molecule has 1 amide bonds. The number of hydrogen-bond acceptors (Lipinski definition) is 7. The number of amides is 1. The Bertz CT molecular complexity index is 1300. The Balaban J connectivity index is 1.41. The molecule has 0 unspecified atom stereocenters. The normalized spacial score (nSPS) is 10.9. The van der Waals surface area contributed by atoms with Gasteiger partial charge in [0.05, 0.1) is 25.6 Å². The van der Waals surface area contributed by atoms with Gasteiger partial charge in [0.15, 0.2) is 11.0 Å². The van der Waals surface area contributed by atoms with E-state index in [2.05, 4.69) is 26.0 Å². The summed E-state index contributed by atoms with van der Waals surface area (Å²) in [5.41, 5.74) is 5.19. The van der Waals surface area contributed by atoms with E-state index in [0.29, 0.717) is 22.5 Å². The molecule has 1 heterocycles. The van der Waals surface area contributed by atoms with Crippen LogP contribution in [0.2, 0.25) is 5.02 Å². The van der Waals surface area contributed by atoms with Crippen LogP contribution in [-0.2, 0) is 11.3 Å². The maximum atomic E-state index is 12.4. The molecule has 0 bridgehead atoms. The average Bonchev–Trinajstić information content (AvgIpc) is 3.30. The molecule has 0 radical (unpaired) electrons. The minimum absolute atomic E-state index is 0.130. The van der Waals surface area contributed by atoms with Crippen LogP contribution in [0.5, 0.6) is 5.75 Å². The largest absolute Gasteiger partial charge is 0.497 e. The number of ether oxygens (including phenoxy) is 1. The molecule has 3 aromatic carbocycles. The molecule has 4 aromatic rings. The lowest BCUT2D eigenvalue weighted by Crippen LogP contribution is -2.20. The van der Waals surface area contributed by atoms with Gasteiger partial charge in [-0.15, -0.1) is 10.2 Å². The standard InChI is InChI=1S/C25H23ClN6O2S/c1-34-22-9-5-6-18(14-22)15-28-30-24(33)17-35-25-31-29-23(32(25)21-7-3-2-4-8-21)16-27-20-12-10-19(26)11-13-20/h2-15,27H,16-17H2,1H3,(H,30,33). The monoisotopic (exact) mass is 506 g/mol. The highest BCUT2D eigenvalue weighted by atomic mass is 35.5. The van der Waals surface area contributed by atoms with E-state index in [0.717, 1.165) is 22.7 Å². The second kappa shape index (κ2) is 12.0. The molecule has 0 saturated carbocycles. The van der Waals surface area contributed by atoms with Crippen molar-refractivity contribution in [2.24, 2.45) is 5.10 Å². The smallest absolute Gasteiger partial charge is 0.250 e. The number of thioether (sulfide) groups is 1. The van der Waals surface area contributed by atoms with E-state index >= 15 is 0 Å². The Morgan fingerprint density at radius 1 is 1.09 bits per heavy atom. The van der Waals surface area contributed by atoms with Crippen molar-refractivity contribution in [3.05, 3.63) is 95.3 Å². The van der Waals surface area contributed by atoms with Crippen LogP contribution in [0.4, 0.5) is 5.69 Å². The number of methoxy groups -OCH3 is 1. The third-order valence-electron chi connectivity index (χ3n) is 4.84. The molecule has 0 aliphatic rings. The molecular weight excluding hydrogens is 484 g/mol. The minimum Gasteiger partial charge on any atom is -0.497 e. The quantitative estimate of drug-likeness (QED) is 0.182. The highest BCUT2D eigenvalue weighted by Crippen LogP contribution is 2.23. The van der Waals surface area contributed by atoms with E-state index in [9.17, 15) is 4.79 Å². The summed E-state index contributed by atoms with van der Waals surface area (Å²) in [6.07, 6.45) is 1.57. The molecule has 0 atom stereocenters. The van der Waals surface area contributed by atoms with Gasteiger partial charge in [0, 0.05) is 16.4 Å². The van der Waals surface area contributed by atoms with Crippen molar-refractivity contribution in [2.75, 3.05) is 18.2 Å². The summed E-state index contributed by atoms with van der Waals surface area (Å²) < 4.78 is 7.12. The first-order chi connectivity index (χ1) is 17.1. The van der Waals surface area contributed by atoms with E-state index in [-0.39, 0.29) is 11.7 Å². The lowest BCUT2D eigenvalue weighted by atomic mass is 10.2. The number of hydrogen-bond donors (Lipinski definition) is 2. The summed E-state index contributed by atoms with van der Waals surface area (Å²) in [6, 6.07) is 24.6. The van der Waals surface area contributed by atoms with Gasteiger partial charge in [-0.1, -0.05) is 53.7 Å². The van der Waals surface area contributed by atoms with Crippen LogP contribution in [0.15, 0.2) is 89.1 Å². The first-order valence-electron chi connectivity index (χ1n) is 10.7.